The lowest BCUT2D eigenvalue weighted by molar-refractivity contribution is -0.138. The van der Waals surface area contributed by atoms with Crippen molar-refractivity contribution in [2.75, 3.05) is 5.75 Å². The number of hydrogen-bond acceptors (Lipinski definition) is 6. The van der Waals surface area contributed by atoms with Gasteiger partial charge < -0.3 is 0 Å². The van der Waals surface area contributed by atoms with Crippen LogP contribution < -0.4 is 0 Å². The summed E-state index contributed by atoms with van der Waals surface area (Å²) in [5.74, 6) is -0.342. The van der Waals surface area contributed by atoms with Crippen LogP contribution in [0.4, 0.5) is 13.2 Å². The van der Waals surface area contributed by atoms with Crippen LogP contribution in [0.2, 0.25) is 0 Å². The van der Waals surface area contributed by atoms with E-state index in [0.29, 0.717) is 22.6 Å². The molecule has 0 aliphatic carbocycles. The number of nitrogens with zero attached hydrogens (tertiary/aromatic N) is 3. The van der Waals surface area contributed by atoms with Gasteiger partial charge >= 0.3 is 6.18 Å². The molecule has 0 unspecified atom stereocenters. The van der Waals surface area contributed by atoms with E-state index in [1.807, 2.05) is 6.92 Å². The first-order valence-corrected chi connectivity index (χ1v) is 9.62. The summed E-state index contributed by atoms with van der Waals surface area (Å²) in [5.41, 5.74) is 0.210. The summed E-state index contributed by atoms with van der Waals surface area (Å²) >= 11 is 1.08. The summed E-state index contributed by atoms with van der Waals surface area (Å²) in [6.45, 7) is 3.19. The van der Waals surface area contributed by atoms with E-state index in [2.05, 4.69) is 15.0 Å². The average molecular weight is 387 g/mol. The van der Waals surface area contributed by atoms with Crippen molar-refractivity contribution >= 4 is 31.5 Å². The monoisotopic (exact) mass is 387 g/mol. The van der Waals surface area contributed by atoms with E-state index < -0.39 is 26.5 Å². The van der Waals surface area contributed by atoms with Crippen LogP contribution in [-0.4, -0.2) is 29.1 Å². The first kappa shape index (κ1) is 17.7. The van der Waals surface area contributed by atoms with Gasteiger partial charge in [0.15, 0.2) is 9.84 Å². The number of aromatic nitrogens is 3. The molecule has 132 valence electrons. The molecule has 0 atom stereocenters. The quantitative estimate of drug-likeness (QED) is 0.682. The van der Waals surface area contributed by atoms with Gasteiger partial charge in [-0.3, -0.25) is 4.98 Å². The van der Waals surface area contributed by atoms with Gasteiger partial charge in [0.1, 0.15) is 21.0 Å². The highest BCUT2D eigenvalue weighted by Gasteiger charge is 2.34. The Bertz CT molecular complexity index is 1060. The molecule has 25 heavy (non-hydrogen) atoms. The van der Waals surface area contributed by atoms with Crippen molar-refractivity contribution in [3.05, 3.63) is 35.7 Å². The Hall–Kier alpha value is -2.07. The second kappa shape index (κ2) is 6.03. The van der Waals surface area contributed by atoms with Crippen LogP contribution in [0.5, 0.6) is 0 Å². The van der Waals surface area contributed by atoms with Gasteiger partial charge in [0.25, 0.3) is 0 Å². The van der Waals surface area contributed by atoms with E-state index in [1.165, 1.54) is 6.92 Å². The molecule has 0 aliphatic heterocycles. The Labute approximate surface area is 145 Å². The largest absolute Gasteiger partial charge is 0.417 e. The van der Waals surface area contributed by atoms with Crippen LogP contribution >= 0.6 is 11.3 Å². The molecule has 0 N–H and O–H groups in total. The Morgan fingerprint density at radius 1 is 1.16 bits per heavy atom. The van der Waals surface area contributed by atoms with Gasteiger partial charge in [0.05, 0.1) is 16.2 Å². The van der Waals surface area contributed by atoms with Gasteiger partial charge in [-0.2, -0.15) is 13.2 Å². The number of halogens is 3. The van der Waals surface area contributed by atoms with Crippen LogP contribution in [-0.2, 0) is 16.0 Å². The van der Waals surface area contributed by atoms with Gasteiger partial charge in [-0.05, 0) is 24.6 Å². The van der Waals surface area contributed by atoms with E-state index in [1.54, 1.807) is 12.3 Å². The van der Waals surface area contributed by atoms with Crippen molar-refractivity contribution in [1.29, 1.82) is 0 Å². The highest BCUT2D eigenvalue weighted by molar-refractivity contribution is 7.91. The number of alkyl halides is 3. The van der Waals surface area contributed by atoms with E-state index >= 15 is 0 Å². The maximum atomic E-state index is 12.9. The molecule has 0 spiro atoms. The minimum absolute atomic E-state index is 0.0875. The zero-order valence-electron chi connectivity index (χ0n) is 13.1. The number of fused-ring (bicyclic) bond motifs is 1. The molecule has 10 heteroatoms. The third-order valence-corrected chi connectivity index (χ3v) is 6.21. The highest BCUT2D eigenvalue weighted by Crippen LogP contribution is 2.36. The van der Waals surface area contributed by atoms with Gasteiger partial charge in [0, 0.05) is 12.4 Å². The summed E-state index contributed by atoms with van der Waals surface area (Å²) in [4.78, 5) is 12.3. The van der Waals surface area contributed by atoms with E-state index in [0.717, 1.165) is 16.9 Å². The van der Waals surface area contributed by atoms with Crippen molar-refractivity contribution in [2.24, 2.45) is 0 Å². The van der Waals surface area contributed by atoms with Crippen LogP contribution in [0.15, 0.2) is 29.4 Å². The average Bonchev–Trinajstić information content (AvgIpc) is 2.96. The van der Waals surface area contributed by atoms with E-state index in [-0.39, 0.29) is 16.5 Å². The lowest BCUT2D eigenvalue weighted by Crippen LogP contribution is -2.12. The fourth-order valence-electron chi connectivity index (χ4n) is 2.18. The Morgan fingerprint density at radius 3 is 2.52 bits per heavy atom. The maximum absolute atomic E-state index is 12.9. The molecule has 3 heterocycles. The minimum Gasteiger partial charge on any atom is -0.252 e. The van der Waals surface area contributed by atoms with E-state index in [4.69, 9.17) is 0 Å². The van der Waals surface area contributed by atoms with E-state index in [9.17, 15) is 21.6 Å². The topological polar surface area (TPSA) is 72.8 Å². The maximum Gasteiger partial charge on any atom is 0.417 e. The second-order valence-corrected chi connectivity index (χ2v) is 8.55. The van der Waals surface area contributed by atoms with Crippen molar-refractivity contribution in [3.8, 4) is 10.7 Å². The number of hydrogen-bond donors (Lipinski definition) is 0. The summed E-state index contributed by atoms with van der Waals surface area (Å²) in [6.07, 6.45) is -2.43. The SMILES string of the molecule is CCS(=O)(=O)c1cc(C(F)(F)F)cnc1-c1nc2cc(C)cnc2s1. The van der Waals surface area contributed by atoms with Crippen LogP contribution in [0.1, 0.15) is 18.1 Å². The van der Waals surface area contributed by atoms with Crippen LogP contribution in [0.25, 0.3) is 21.0 Å². The predicted octanol–water partition coefficient (Wildman–Crippen LogP) is 3.87. The smallest absolute Gasteiger partial charge is 0.252 e. The zero-order valence-corrected chi connectivity index (χ0v) is 14.8. The number of aryl methyl sites for hydroxylation is 1. The molecule has 3 aromatic rings. The number of rotatable bonds is 3. The third kappa shape index (κ3) is 3.36. The lowest BCUT2D eigenvalue weighted by Gasteiger charge is -2.11. The Morgan fingerprint density at radius 2 is 1.88 bits per heavy atom. The van der Waals surface area contributed by atoms with Crippen molar-refractivity contribution in [3.63, 3.8) is 0 Å². The van der Waals surface area contributed by atoms with Crippen molar-refractivity contribution < 1.29 is 21.6 Å². The summed E-state index contributed by atoms with van der Waals surface area (Å²) in [5, 5.41) is 0.217. The summed E-state index contributed by atoms with van der Waals surface area (Å²) in [7, 11) is -3.92. The van der Waals surface area contributed by atoms with Gasteiger partial charge in [-0.25, -0.2) is 18.4 Å². The highest BCUT2D eigenvalue weighted by atomic mass is 32.2. The van der Waals surface area contributed by atoms with Crippen molar-refractivity contribution in [2.45, 2.75) is 24.9 Å². The lowest BCUT2D eigenvalue weighted by atomic mass is 10.2. The molecular formula is C15H12F3N3O2S2. The predicted molar refractivity (Wildman–Crippen MR) is 88.1 cm³/mol. The Kier molecular flexibility index (Phi) is 4.28. The summed E-state index contributed by atoms with van der Waals surface area (Å²) in [6, 6.07) is 2.38. The molecule has 0 radical (unpaired) electrons. The molecule has 0 saturated carbocycles. The number of sulfone groups is 1. The zero-order chi connectivity index (χ0) is 18.4. The summed E-state index contributed by atoms with van der Waals surface area (Å²) < 4.78 is 63.4. The van der Waals surface area contributed by atoms with Crippen LogP contribution in [0, 0.1) is 6.92 Å². The molecule has 0 fully saturated rings. The molecule has 0 amide bonds. The molecule has 0 aliphatic rings. The minimum atomic E-state index is -4.68. The third-order valence-electron chi connectivity index (χ3n) is 3.48. The Balaban J connectivity index is 2.26. The molecule has 3 rings (SSSR count). The molecule has 0 saturated heterocycles. The van der Waals surface area contributed by atoms with Crippen LogP contribution in [0.3, 0.4) is 0 Å². The molecule has 5 nitrogen and oxygen atoms in total. The first-order chi connectivity index (χ1) is 11.6. The number of pyridine rings is 2. The van der Waals surface area contributed by atoms with Gasteiger partial charge in [-0.1, -0.05) is 18.3 Å². The standard InChI is InChI=1S/C15H12F3N3O2S2/c1-3-25(22,23)11-5-9(15(16,17)18)7-19-12(11)14-21-10-4-8(2)6-20-13(10)24-14/h4-7H,3H2,1-2H3. The molecule has 0 bridgehead atoms. The van der Waals surface area contributed by atoms with Crippen molar-refractivity contribution in [1.82, 2.24) is 15.0 Å². The van der Waals surface area contributed by atoms with Gasteiger partial charge in [-0.15, -0.1) is 0 Å². The first-order valence-electron chi connectivity index (χ1n) is 7.15. The normalized spacial score (nSPS) is 12.7. The number of thiazole rings is 1. The fourth-order valence-corrected chi connectivity index (χ4v) is 4.20. The fraction of sp³-hybridized carbons (Fsp3) is 0.267. The molecule has 0 aromatic carbocycles. The van der Waals surface area contributed by atoms with Gasteiger partial charge in [0.2, 0.25) is 0 Å². The second-order valence-electron chi connectivity index (χ2n) is 5.33. The molecular weight excluding hydrogens is 375 g/mol. The molecule has 3 aromatic heterocycles.